The Bertz CT molecular complexity index is 626. The van der Waals surface area contributed by atoms with Crippen molar-refractivity contribution in [3.05, 3.63) is 29.8 Å². The van der Waals surface area contributed by atoms with Crippen molar-refractivity contribution in [3.8, 4) is 0 Å². The molecule has 3 unspecified atom stereocenters. The molecule has 1 saturated carbocycles. The highest BCUT2D eigenvalue weighted by Gasteiger charge is 2.38. The minimum Gasteiger partial charge on any atom is -0.325 e. The summed E-state index contributed by atoms with van der Waals surface area (Å²) in [6, 6.07) is 8.90. The van der Waals surface area contributed by atoms with Crippen LogP contribution in [0.2, 0.25) is 0 Å². The van der Waals surface area contributed by atoms with Gasteiger partial charge in [-0.25, -0.2) is 0 Å². The van der Waals surface area contributed by atoms with E-state index in [1.807, 2.05) is 6.07 Å². The SMILES string of the molecule is CN1CCN(Cc2cccc(NC(=O)C3CC4CCCCC4N3)c2)CC1.Cl.Cl.Cl. The molecule has 0 bridgehead atoms. The molecule has 1 aromatic rings. The summed E-state index contributed by atoms with van der Waals surface area (Å²) in [7, 11) is 2.18. The predicted octanol–water partition coefficient (Wildman–Crippen LogP) is 3.56. The van der Waals surface area contributed by atoms with E-state index < -0.39 is 0 Å². The molecule has 2 N–H and O–H groups in total. The van der Waals surface area contributed by atoms with Crippen LogP contribution in [0, 0.1) is 5.92 Å². The van der Waals surface area contributed by atoms with Crippen molar-refractivity contribution >= 4 is 48.8 Å². The van der Waals surface area contributed by atoms with Crippen LogP contribution in [0.4, 0.5) is 5.69 Å². The van der Waals surface area contributed by atoms with Gasteiger partial charge >= 0.3 is 0 Å². The number of anilines is 1. The fourth-order valence-electron chi connectivity index (χ4n) is 4.76. The molecular weight excluding hydrogens is 431 g/mol. The number of hydrogen-bond donors (Lipinski definition) is 2. The summed E-state index contributed by atoms with van der Waals surface area (Å²) in [5.41, 5.74) is 2.21. The Morgan fingerprint density at radius 3 is 2.55 bits per heavy atom. The van der Waals surface area contributed by atoms with Gasteiger partial charge in [0, 0.05) is 44.5 Å². The number of nitrogens with one attached hydrogen (secondary N) is 2. The summed E-state index contributed by atoms with van der Waals surface area (Å²) in [6.45, 7) is 5.45. The lowest BCUT2D eigenvalue weighted by atomic mass is 9.85. The molecule has 166 valence electrons. The third kappa shape index (κ3) is 6.98. The average Bonchev–Trinajstić information content (AvgIpc) is 3.08. The molecular formula is C21H35Cl3N4O. The number of amides is 1. The van der Waals surface area contributed by atoms with Crippen LogP contribution in [0.5, 0.6) is 0 Å². The topological polar surface area (TPSA) is 47.6 Å². The Labute approximate surface area is 193 Å². The zero-order valence-electron chi connectivity index (χ0n) is 17.1. The fraction of sp³-hybridized carbons (Fsp3) is 0.667. The molecule has 0 spiro atoms. The van der Waals surface area contributed by atoms with Gasteiger partial charge in [-0.05, 0) is 49.9 Å². The maximum absolute atomic E-state index is 12.7. The van der Waals surface area contributed by atoms with E-state index in [-0.39, 0.29) is 49.2 Å². The van der Waals surface area contributed by atoms with E-state index in [0.29, 0.717) is 12.0 Å². The highest BCUT2D eigenvalue weighted by molar-refractivity contribution is 5.95. The van der Waals surface area contributed by atoms with Crippen LogP contribution in [0.3, 0.4) is 0 Å². The van der Waals surface area contributed by atoms with Crippen molar-refractivity contribution in [1.29, 1.82) is 0 Å². The van der Waals surface area contributed by atoms with Crippen LogP contribution in [0.25, 0.3) is 0 Å². The number of fused-ring (bicyclic) bond motifs is 1. The molecule has 2 aliphatic heterocycles. The summed E-state index contributed by atoms with van der Waals surface area (Å²) < 4.78 is 0. The van der Waals surface area contributed by atoms with Crippen LogP contribution in [-0.4, -0.2) is 61.0 Å². The normalized spacial score (nSPS) is 27.0. The summed E-state index contributed by atoms with van der Waals surface area (Å²) in [5, 5.41) is 6.72. The Morgan fingerprint density at radius 2 is 1.83 bits per heavy atom. The smallest absolute Gasteiger partial charge is 0.241 e. The Hall–Kier alpha value is -0.560. The Balaban J connectivity index is 0.00000140. The first-order valence-electron chi connectivity index (χ1n) is 10.2. The van der Waals surface area contributed by atoms with Crippen molar-refractivity contribution in [3.63, 3.8) is 0 Å². The molecule has 5 nitrogen and oxygen atoms in total. The molecule has 0 aromatic heterocycles. The highest BCUT2D eigenvalue weighted by atomic mass is 35.5. The number of piperazine rings is 1. The monoisotopic (exact) mass is 464 g/mol. The summed E-state index contributed by atoms with van der Waals surface area (Å²) >= 11 is 0. The van der Waals surface area contributed by atoms with Crippen molar-refractivity contribution in [1.82, 2.24) is 15.1 Å². The van der Waals surface area contributed by atoms with Crippen LogP contribution in [0.15, 0.2) is 24.3 Å². The van der Waals surface area contributed by atoms with Gasteiger partial charge in [-0.1, -0.05) is 25.0 Å². The second-order valence-electron chi connectivity index (χ2n) is 8.38. The Morgan fingerprint density at radius 1 is 1.10 bits per heavy atom. The van der Waals surface area contributed by atoms with E-state index in [9.17, 15) is 4.79 Å². The van der Waals surface area contributed by atoms with Gasteiger partial charge in [-0.15, -0.1) is 37.2 Å². The molecule has 1 aliphatic carbocycles. The molecule has 2 heterocycles. The van der Waals surface area contributed by atoms with Gasteiger partial charge < -0.3 is 15.5 Å². The number of hydrogen-bond acceptors (Lipinski definition) is 4. The lowest BCUT2D eigenvalue weighted by Gasteiger charge is -2.32. The number of rotatable bonds is 4. The molecule has 2 saturated heterocycles. The van der Waals surface area contributed by atoms with Gasteiger partial charge in [-0.3, -0.25) is 9.69 Å². The number of nitrogens with zero attached hydrogens (tertiary/aromatic N) is 2. The number of benzene rings is 1. The van der Waals surface area contributed by atoms with E-state index >= 15 is 0 Å². The first kappa shape index (κ1) is 26.5. The van der Waals surface area contributed by atoms with Crippen molar-refractivity contribution in [2.45, 2.75) is 50.7 Å². The van der Waals surface area contributed by atoms with Gasteiger partial charge in [-0.2, -0.15) is 0 Å². The van der Waals surface area contributed by atoms with E-state index in [1.54, 1.807) is 0 Å². The first-order valence-corrected chi connectivity index (χ1v) is 10.2. The molecule has 3 atom stereocenters. The summed E-state index contributed by atoms with van der Waals surface area (Å²) in [5.74, 6) is 0.833. The van der Waals surface area contributed by atoms with Crippen molar-refractivity contribution < 1.29 is 4.79 Å². The number of carbonyl (C=O) groups excluding carboxylic acids is 1. The van der Waals surface area contributed by atoms with Crippen molar-refractivity contribution in [2.75, 3.05) is 38.5 Å². The maximum atomic E-state index is 12.7. The second kappa shape index (κ2) is 12.3. The molecule has 3 aliphatic rings. The largest absolute Gasteiger partial charge is 0.325 e. The van der Waals surface area contributed by atoms with Gasteiger partial charge in [0.05, 0.1) is 6.04 Å². The van der Waals surface area contributed by atoms with Crippen LogP contribution >= 0.6 is 37.2 Å². The molecule has 0 radical (unpaired) electrons. The average molecular weight is 466 g/mol. The van der Waals surface area contributed by atoms with Crippen LogP contribution in [-0.2, 0) is 11.3 Å². The second-order valence-corrected chi connectivity index (χ2v) is 8.38. The van der Waals surface area contributed by atoms with E-state index in [4.69, 9.17) is 0 Å². The number of halogens is 3. The molecule has 29 heavy (non-hydrogen) atoms. The summed E-state index contributed by atoms with van der Waals surface area (Å²) in [4.78, 5) is 17.6. The zero-order chi connectivity index (χ0) is 17.9. The number of likely N-dealkylation sites (N-methyl/N-ethyl adjacent to an activating group) is 1. The molecule has 1 aromatic carbocycles. The zero-order valence-corrected chi connectivity index (χ0v) is 19.6. The third-order valence-electron chi connectivity index (χ3n) is 6.38. The minimum absolute atomic E-state index is 0. The Kier molecular flexibility index (Phi) is 11.3. The number of carbonyl (C=O) groups is 1. The molecule has 8 heteroatoms. The molecule has 1 amide bonds. The summed E-state index contributed by atoms with van der Waals surface area (Å²) in [6.07, 6.45) is 6.14. The van der Waals surface area contributed by atoms with Gasteiger partial charge in [0.2, 0.25) is 5.91 Å². The van der Waals surface area contributed by atoms with Gasteiger partial charge in [0.1, 0.15) is 0 Å². The van der Waals surface area contributed by atoms with E-state index in [2.05, 4.69) is 45.7 Å². The standard InChI is InChI=1S/C21H32N4O.3ClH/c1-24-9-11-25(12-10-24)15-16-5-4-7-18(13-16)22-21(26)20-14-17-6-2-3-8-19(17)23-20;;;/h4-5,7,13,17,19-20,23H,2-3,6,8-12,14-15H2,1H3,(H,22,26);3*1H. The van der Waals surface area contributed by atoms with Gasteiger partial charge in [0.15, 0.2) is 0 Å². The molecule has 3 fully saturated rings. The first-order chi connectivity index (χ1) is 12.7. The highest BCUT2D eigenvalue weighted by Crippen LogP contribution is 2.33. The quantitative estimate of drug-likeness (QED) is 0.714. The van der Waals surface area contributed by atoms with E-state index in [1.165, 1.54) is 31.2 Å². The predicted molar refractivity (Wildman–Crippen MR) is 127 cm³/mol. The third-order valence-corrected chi connectivity index (χ3v) is 6.38. The van der Waals surface area contributed by atoms with Crippen molar-refractivity contribution in [2.24, 2.45) is 5.92 Å². The minimum atomic E-state index is -0.0237. The van der Waals surface area contributed by atoms with Crippen LogP contribution < -0.4 is 10.6 Å². The maximum Gasteiger partial charge on any atom is 0.241 e. The fourth-order valence-corrected chi connectivity index (χ4v) is 4.76. The van der Waals surface area contributed by atoms with E-state index in [0.717, 1.165) is 44.8 Å². The lowest BCUT2D eigenvalue weighted by molar-refractivity contribution is -0.117. The lowest BCUT2D eigenvalue weighted by Crippen LogP contribution is -2.43. The van der Waals surface area contributed by atoms with Gasteiger partial charge in [0.25, 0.3) is 0 Å². The molecule has 4 rings (SSSR count). The van der Waals surface area contributed by atoms with Crippen LogP contribution in [0.1, 0.15) is 37.7 Å².